The van der Waals surface area contributed by atoms with E-state index in [1.54, 1.807) is 11.3 Å². The number of para-hydroxylation sites is 1. The highest BCUT2D eigenvalue weighted by atomic mass is 79.9. The lowest BCUT2D eigenvalue weighted by atomic mass is 10.2. The second-order valence-corrected chi connectivity index (χ2v) is 7.23. The van der Waals surface area contributed by atoms with Crippen molar-refractivity contribution < 1.29 is 9.84 Å². The Hall–Kier alpha value is -1.66. The fourth-order valence-corrected chi connectivity index (χ4v) is 3.73. The average Bonchev–Trinajstić information content (AvgIpc) is 3.03. The number of thiophene rings is 1. The zero-order valence-corrected chi connectivity index (χ0v) is 15.4. The summed E-state index contributed by atoms with van der Waals surface area (Å²) in [6.07, 6.45) is -0.495. The van der Waals surface area contributed by atoms with Crippen LogP contribution in [0.1, 0.15) is 16.5 Å². The molecule has 0 aliphatic rings. The van der Waals surface area contributed by atoms with Gasteiger partial charge in [-0.05, 0) is 51.8 Å². The number of benzene rings is 2. The molecule has 24 heavy (non-hydrogen) atoms. The van der Waals surface area contributed by atoms with Gasteiger partial charge >= 0.3 is 0 Å². The summed E-state index contributed by atoms with van der Waals surface area (Å²) >= 11 is 4.96. The highest BCUT2D eigenvalue weighted by molar-refractivity contribution is 9.10. The van der Waals surface area contributed by atoms with Crippen LogP contribution in [0.25, 0.3) is 0 Å². The molecule has 5 heteroatoms. The number of rotatable bonds is 7. The Balaban J connectivity index is 1.53. The molecule has 124 valence electrons. The highest BCUT2D eigenvalue weighted by Crippen LogP contribution is 2.25. The van der Waals surface area contributed by atoms with E-state index in [2.05, 4.69) is 21.2 Å². The smallest absolute Gasteiger partial charge is 0.127 e. The first-order valence-electron chi connectivity index (χ1n) is 7.65. The van der Waals surface area contributed by atoms with Gasteiger partial charge in [0.1, 0.15) is 17.6 Å². The third-order valence-electron chi connectivity index (χ3n) is 3.46. The van der Waals surface area contributed by atoms with Crippen LogP contribution in [0.5, 0.6) is 11.5 Å². The van der Waals surface area contributed by atoms with E-state index in [1.165, 1.54) is 0 Å². The largest absolute Gasteiger partial charge is 0.457 e. The van der Waals surface area contributed by atoms with Gasteiger partial charge in [0.05, 0.1) is 0 Å². The lowest BCUT2D eigenvalue weighted by Gasteiger charge is -2.11. The number of nitrogens with one attached hydrogen (secondary N) is 1. The van der Waals surface area contributed by atoms with E-state index in [9.17, 15) is 5.11 Å². The second kappa shape index (κ2) is 8.44. The minimum absolute atomic E-state index is 0.495. The van der Waals surface area contributed by atoms with Gasteiger partial charge < -0.3 is 15.2 Å². The van der Waals surface area contributed by atoms with Gasteiger partial charge in [0.15, 0.2) is 0 Å². The third kappa shape index (κ3) is 4.92. The number of ether oxygens (including phenoxy) is 1. The lowest BCUT2D eigenvalue weighted by Crippen LogP contribution is -2.20. The predicted molar refractivity (Wildman–Crippen MR) is 102 cm³/mol. The van der Waals surface area contributed by atoms with Crippen LogP contribution in [-0.4, -0.2) is 11.7 Å². The van der Waals surface area contributed by atoms with Gasteiger partial charge in [0, 0.05) is 27.8 Å². The monoisotopic (exact) mass is 403 g/mol. The summed E-state index contributed by atoms with van der Waals surface area (Å²) in [6.45, 7) is 1.19. The first kappa shape index (κ1) is 17.2. The van der Waals surface area contributed by atoms with Crippen molar-refractivity contribution in [2.24, 2.45) is 0 Å². The van der Waals surface area contributed by atoms with Crippen LogP contribution in [0.3, 0.4) is 0 Å². The fourth-order valence-electron chi connectivity index (χ4n) is 2.30. The van der Waals surface area contributed by atoms with E-state index in [0.29, 0.717) is 13.1 Å². The number of hydrogen-bond acceptors (Lipinski definition) is 4. The first-order chi connectivity index (χ1) is 11.7. The Morgan fingerprint density at radius 2 is 1.83 bits per heavy atom. The van der Waals surface area contributed by atoms with Crippen LogP contribution < -0.4 is 10.1 Å². The van der Waals surface area contributed by atoms with E-state index in [-0.39, 0.29) is 0 Å². The van der Waals surface area contributed by atoms with Gasteiger partial charge in [-0.25, -0.2) is 0 Å². The van der Waals surface area contributed by atoms with E-state index in [4.69, 9.17) is 4.74 Å². The molecule has 0 aliphatic heterocycles. The summed E-state index contributed by atoms with van der Waals surface area (Å²) in [5.74, 6) is 1.63. The molecule has 2 aromatic carbocycles. The SMILES string of the molecule is O[C@@H](CNCc1cccc(Oc2ccccc2)c1)c1cc(Br)cs1. The van der Waals surface area contributed by atoms with Gasteiger partial charge in [-0.15, -0.1) is 11.3 Å². The summed E-state index contributed by atoms with van der Waals surface area (Å²) in [7, 11) is 0. The summed E-state index contributed by atoms with van der Waals surface area (Å²) in [5.41, 5.74) is 1.11. The van der Waals surface area contributed by atoms with Gasteiger partial charge in [-0.1, -0.05) is 30.3 Å². The number of halogens is 1. The third-order valence-corrected chi connectivity index (χ3v) is 5.26. The van der Waals surface area contributed by atoms with E-state index < -0.39 is 6.10 Å². The Kier molecular flexibility index (Phi) is 6.04. The Morgan fingerprint density at radius 3 is 2.58 bits per heavy atom. The van der Waals surface area contributed by atoms with Crippen LogP contribution in [0.4, 0.5) is 0 Å². The van der Waals surface area contributed by atoms with Crippen molar-refractivity contribution >= 4 is 27.3 Å². The van der Waals surface area contributed by atoms with Crippen molar-refractivity contribution in [1.82, 2.24) is 5.32 Å². The molecule has 3 rings (SSSR count). The molecule has 1 heterocycles. The van der Waals surface area contributed by atoms with Crippen molar-refractivity contribution in [2.75, 3.05) is 6.54 Å². The molecule has 0 spiro atoms. The first-order valence-corrected chi connectivity index (χ1v) is 9.32. The van der Waals surface area contributed by atoms with Crippen molar-refractivity contribution in [2.45, 2.75) is 12.6 Å². The summed E-state index contributed by atoms with van der Waals surface area (Å²) in [6, 6.07) is 19.6. The number of aliphatic hydroxyl groups excluding tert-OH is 1. The maximum absolute atomic E-state index is 10.2. The normalized spacial score (nSPS) is 12.1. The Morgan fingerprint density at radius 1 is 1.04 bits per heavy atom. The molecular formula is C19H18BrNO2S. The molecule has 0 aliphatic carbocycles. The highest BCUT2D eigenvalue weighted by Gasteiger charge is 2.09. The standard InChI is InChI=1S/C19H18BrNO2S/c20-15-10-19(24-13-15)18(22)12-21-11-14-5-4-8-17(9-14)23-16-6-2-1-3-7-16/h1-10,13,18,21-22H,11-12H2/t18-/m0/s1. The van der Waals surface area contributed by atoms with Crippen LogP contribution in [0.15, 0.2) is 70.5 Å². The topological polar surface area (TPSA) is 41.5 Å². The van der Waals surface area contributed by atoms with Crippen LogP contribution in [0.2, 0.25) is 0 Å². The van der Waals surface area contributed by atoms with Crippen LogP contribution >= 0.6 is 27.3 Å². The molecule has 0 amide bonds. The molecule has 1 atom stereocenters. The number of hydrogen-bond donors (Lipinski definition) is 2. The summed E-state index contributed by atoms with van der Waals surface area (Å²) in [4.78, 5) is 0.954. The molecule has 0 radical (unpaired) electrons. The molecule has 0 fully saturated rings. The molecule has 0 saturated carbocycles. The van der Waals surface area contributed by atoms with Crippen molar-refractivity contribution in [1.29, 1.82) is 0 Å². The zero-order valence-electron chi connectivity index (χ0n) is 13.0. The summed E-state index contributed by atoms with van der Waals surface area (Å²) in [5, 5.41) is 15.4. The van der Waals surface area contributed by atoms with Crippen molar-refractivity contribution in [3.63, 3.8) is 0 Å². The van der Waals surface area contributed by atoms with Crippen molar-refractivity contribution in [3.05, 3.63) is 81.0 Å². The number of aliphatic hydroxyl groups is 1. The molecular weight excluding hydrogens is 386 g/mol. The lowest BCUT2D eigenvalue weighted by molar-refractivity contribution is 0.178. The van der Waals surface area contributed by atoms with E-state index in [1.807, 2.05) is 66.0 Å². The summed E-state index contributed by atoms with van der Waals surface area (Å²) < 4.78 is 6.84. The second-order valence-electron chi connectivity index (χ2n) is 5.38. The molecule has 0 bridgehead atoms. The van der Waals surface area contributed by atoms with Gasteiger partial charge in [-0.2, -0.15) is 0 Å². The van der Waals surface area contributed by atoms with Crippen molar-refractivity contribution in [3.8, 4) is 11.5 Å². The maximum Gasteiger partial charge on any atom is 0.127 e. The quantitative estimate of drug-likeness (QED) is 0.574. The maximum atomic E-state index is 10.2. The molecule has 3 aromatic rings. The van der Waals surface area contributed by atoms with E-state index >= 15 is 0 Å². The average molecular weight is 404 g/mol. The Bertz CT molecular complexity index is 776. The predicted octanol–water partition coefficient (Wildman–Crippen LogP) is 5.13. The minimum Gasteiger partial charge on any atom is -0.457 e. The van der Waals surface area contributed by atoms with Gasteiger partial charge in [-0.3, -0.25) is 0 Å². The molecule has 1 aromatic heterocycles. The Labute approximate surface area is 154 Å². The van der Waals surface area contributed by atoms with Crippen LogP contribution in [-0.2, 0) is 6.54 Å². The van der Waals surface area contributed by atoms with E-state index in [0.717, 1.165) is 26.4 Å². The fraction of sp³-hybridized carbons (Fsp3) is 0.158. The van der Waals surface area contributed by atoms with Crippen LogP contribution in [0, 0.1) is 0 Å². The zero-order chi connectivity index (χ0) is 16.8. The molecule has 0 unspecified atom stereocenters. The van der Waals surface area contributed by atoms with Gasteiger partial charge in [0.25, 0.3) is 0 Å². The minimum atomic E-state index is -0.495. The molecule has 0 saturated heterocycles. The van der Waals surface area contributed by atoms with Gasteiger partial charge in [0.2, 0.25) is 0 Å². The molecule has 3 nitrogen and oxygen atoms in total. The molecule has 2 N–H and O–H groups in total.